The first-order valence-corrected chi connectivity index (χ1v) is 7.58. The van der Waals surface area contributed by atoms with Crippen LogP contribution in [0.25, 0.3) is 0 Å². The minimum atomic E-state index is -2.93. The van der Waals surface area contributed by atoms with Gasteiger partial charge in [0.05, 0.1) is 12.0 Å². The maximum Gasteiger partial charge on any atom is 0.410 e. The molecule has 1 aliphatic carbocycles. The van der Waals surface area contributed by atoms with E-state index in [2.05, 4.69) is 0 Å². The summed E-state index contributed by atoms with van der Waals surface area (Å²) in [5.74, 6) is -3.83. The quantitative estimate of drug-likeness (QED) is 0.810. The fraction of sp³-hybridized carbons (Fsp3) is 0.933. The summed E-state index contributed by atoms with van der Waals surface area (Å²) in [6.07, 6.45) is 1.43. The van der Waals surface area contributed by atoms with Crippen LogP contribution in [-0.2, 0) is 4.74 Å². The van der Waals surface area contributed by atoms with E-state index < -0.39 is 35.6 Å². The molecule has 0 aromatic carbocycles. The van der Waals surface area contributed by atoms with Crippen molar-refractivity contribution in [3.63, 3.8) is 0 Å². The molecule has 2 unspecified atom stereocenters. The van der Waals surface area contributed by atoms with Crippen molar-refractivity contribution in [3.05, 3.63) is 0 Å². The van der Waals surface area contributed by atoms with Crippen molar-refractivity contribution in [3.8, 4) is 0 Å². The van der Waals surface area contributed by atoms with Crippen LogP contribution in [0.5, 0.6) is 0 Å². The van der Waals surface area contributed by atoms with Crippen LogP contribution in [-0.4, -0.2) is 47.3 Å². The smallest absolute Gasteiger partial charge is 0.410 e. The third kappa shape index (κ3) is 3.00. The number of likely N-dealkylation sites (tertiary alicyclic amines) is 1. The summed E-state index contributed by atoms with van der Waals surface area (Å²) in [5.41, 5.74) is -2.18. The van der Waals surface area contributed by atoms with Crippen LogP contribution in [0, 0.1) is 11.3 Å². The third-order valence-electron chi connectivity index (χ3n) is 4.57. The van der Waals surface area contributed by atoms with Gasteiger partial charge in [-0.3, -0.25) is 0 Å². The highest BCUT2D eigenvalue weighted by atomic mass is 19.3. The fourth-order valence-corrected chi connectivity index (χ4v) is 3.42. The molecule has 122 valence electrons. The lowest BCUT2D eigenvalue weighted by Gasteiger charge is -2.49. The summed E-state index contributed by atoms with van der Waals surface area (Å²) in [5, 5.41) is 9.63. The average molecular weight is 305 g/mol. The zero-order valence-corrected chi connectivity index (χ0v) is 13.0. The van der Waals surface area contributed by atoms with Gasteiger partial charge in [-0.1, -0.05) is 12.8 Å². The van der Waals surface area contributed by atoms with Crippen molar-refractivity contribution >= 4 is 6.09 Å². The van der Waals surface area contributed by atoms with Gasteiger partial charge < -0.3 is 14.7 Å². The van der Waals surface area contributed by atoms with Gasteiger partial charge in [0.1, 0.15) is 5.60 Å². The van der Waals surface area contributed by atoms with Gasteiger partial charge in [0.25, 0.3) is 5.92 Å². The lowest BCUT2D eigenvalue weighted by Crippen LogP contribution is -2.63. The summed E-state index contributed by atoms with van der Waals surface area (Å²) in [6, 6.07) is 0. The number of piperidine rings is 1. The molecule has 0 aromatic heterocycles. The Hall–Kier alpha value is -0.910. The molecule has 1 saturated heterocycles. The molecule has 2 aliphatic rings. The molecule has 21 heavy (non-hydrogen) atoms. The Morgan fingerprint density at radius 3 is 2.62 bits per heavy atom. The number of aliphatic hydroxyl groups is 1. The summed E-state index contributed by atoms with van der Waals surface area (Å²) < 4.78 is 34.6. The highest BCUT2D eigenvalue weighted by molar-refractivity contribution is 5.68. The summed E-state index contributed by atoms with van der Waals surface area (Å²) >= 11 is 0. The van der Waals surface area contributed by atoms with Crippen LogP contribution >= 0.6 is 0 Å². The minimum absolute atomic E-state index is 0.00363. The molecule has 2 bridgehead atoms. The van der Waals surface area contributed by atoms with Crippen molar-refractivity contribution in [2.75, 3.05) is 19.7 Å². The number of hydrogen-bond acceptors (Lipinski definition) is 3. The number of nitrogens with zero attached hydrogens (tertiary/aromatic N) is 1. The second kappa shape index (κ2) is 5.38. The highest BCUT2D eigenvalue weighted by Crippen LogP contribution is 2.53. The fourth-order valence-electron chi connectivity index (χ4n) is 3.42. The van der Waals surface area contributed by atoms with Gasteiger partial charge in [0.2, 0.25) is 0 Å². The van der Waals surface area contributed by atoms with Crippen molar-refractivity contribution in [2.45, 2.75) is 58.0 Å². The molecule has 6 heteroatoms. The van der Waals surface area contributed by atoms with Gasteiger partial charge in [-0.2, -0.15) is 0 Å². The average Bonchev–Trinajstić information content (AvgIpc) is 2.44. The topological polar surface area (TPSA) is 49.8 Å². The molecule has 1 N–H and O–H groups in total. The van der Waals surface area contributed by atoms with Crippen LogP contribution in [0.15, 0.2) is 0 Å². The van der Waals surface area contributed by atoms with Gasteiger partial charge in [0, 0.05) is 19.0 Å². The number of aliphatic hydroxyl groups excluding tert-OH is 1. The Kier molecular flexibility index (Phi) is 4.21. The van der Waals surface area contributed by atoms with Crippen molar-refractivity contribution < 1.29 is 23.4 Å². The molecule has 1 amide bonds. The molecule has 0 spiro atoms. The normalized spacial score (nSPS) is 32.5. The Bertz CT molecular complexity index is 408. The van der Waals surface area contributed by atoms with E-state index in [0.717, 1.165) is 0 Å². The number of amides is 1. The van der Waals surface area contributed by atoms with E-state index in [1.54, 1.807) is 20.8 Å². The van der Waals surface area contributed by atoms with Crippen LogP contribution < -0.4 is 0 Å². The Morgan fingerprint density at radius 2 is 2.05 bits per heavy atom. The van der Waals surface area contributed by atoms with Gasteiger partial charge in [-0.15, -0.1) is 0 Å². The number of carbonyl (C=O) groups excluding carboxylic acids is 1. The number of halogens is 2. The van der Waals surface area contributed by atoms with Crippen LogP contribution in [0.1, 0.15) is 46.5 Å². The Labute approximate surface area is 124 Å². The summed E-state index contributed by atoms with van der Waals surface area (Å²) in [7, 11) is 0. The second-order valence-corrected chi connectivity index (χ2v) is 7.36. The molecule has 1 saturated carbocycles. The largest absolute Gasteiger partial charge is 0.444 e. The zero-order chi connectivity index (χ0) is 15.9. The molecule has 0 radical (unpaired) electrons. The maximum absolute atomic E-state index is 14.7. The monoisotopic (exact) mass is 305 g/mol. The lowest BCUT2D eigenvalue weighted by molar-refractivity contribution is -0.212. The number of fused-ring (bicyclic) bond motifs is 2. The molecule has 2 fully saturated rings. The number of carbonyl (C=O) groups is 1. The van der Waals surface area contributed by atoms with E-state index in [-0.39, 0.29) is 19.5 Å². The molecule has 2 rings (SSSR count). The van der Waals surface area contributed by atoms with Gasteiger partial charge in [-0.25, -0.2) is 13.6 Å². The Morgan fingerprint density at radius 1 is 1.38 bits per heavy atom. The molecule has 0 aromatic rings. The molecule has 4 nitrogen and oxygen atoms in total. The standard InChI is InChI=1S/C15H25F2NO3/c1-13(2,3)21-12(20)18-8-11-6-4-5-7-14(9-18,10-19)15(11,16)17/h11,19H,4-10H2,1-3H3. The number of hydrogen-bond donors (Lipinski definition) is 1. The first kappa shape index (κ1) is 16.5. The second-order valence-electron chi connectivity index (χ2n) is 7.36. The SMILES string of the molecule is CC(C)(C)OC(=O)N1CC2CCCCC(CO)(C1)C2(F)F. The van der Waals surface area contributed by atoms with E-state index in [1.807, 2.05) is 0 Å². The summed E-state index contributed by atoms with van der Waals surface area (Å²) in [4.78, 5) is 13.6. The minimum Gasteiger partial charge on any atom is -0.444 e. The number of alkyl halides is 2. The summed E-state index contributed by atoms with van der Waals surface area (Å²) in [6.45, 7) is 4.51. The van der Waals surface area contributed by atoms with E-state index in [1.165, 1.54) is 4.90 Å². The molecular weight excluding hydrogens is 280 g/mol. The van der Waals surface area contributed by atoms with Crippen molar-refractivity contribution in [1.82, 2.24) is 4.90 Å². The number of ether oxygens (including phenoxy) is 1. The van der Waals surface area contributed by atoms with Crippen LogP contribution in [0.2, 0.25) is 0 Å². The number of rotatable bonds is 1. The maximum atomic E-state index is 14.7. The molecule has 1 heterocycles. The highest BCUT2D eigenvalue weighted by Gasteiger charge is 2.62. The van der Waals surface area contributed by atoms with Crippen molar-refractivity contribution in [1.29, 1.82) is 0 Å². The van der Waals surface area contributed by atoms with E-state index in [0.29, 0.717) is 19.3 Å². The first-order chi connectivity index (χ1) is 9.61. The first-order valence-electron chi connectivity index (χ1n) is 7.58. The molecule has 1 aliphatic heterocycles. The van der Waals surface area contributed by atoms with Gasteiger partial charge >= 0.3 is 6.09 Å². The van der Waals surface area contributed by atoms with Crippen LogP contribution in [0.3, 0.4) is 0 Å². The molecular formula is C15H25F2NO3. The lowest BCUT2D eigenvalue weighted by atomic mass is 9.71. The molecule has 2 atom stereocenters. The third-order valence-corrected chi connectivity index (χ3v) is 4.57. The van der Waals surface area contributed by atoms with Gasteiger partial charge in [0.15, 0.2) is 0 Å². The van der Waals surface area contributed by atoms with Crippen LogP contribution in [0.4, 0.5) is 13.6 Å². The zero-order valence-electron chi connectivity index (χ0n) is 13.0. The Balaban J connectivity index is 2.24. The van der Waals surface area contributed by atoms with E-state index in [9.17, 15) is 18.7 Å². The van der Waals surface area contributed by atoms with E-state index >= 15 is 0 Å². The van der Waals surface area contributed by atoms with Crippen molar-refractivity contribution in [2.24, 2.45) is 11.3 Å². The van der Waals surface area contributed by atoms with E-state index in [4.69, 9.17) is 4.74 Å². The van der Waals surface area contributed by atoms with Gasteiger partial charge in [-0.05, 0) is 33.6 Å². The predicted molar refractivity (Wildman–Crippen MR) is 74.2 cm³/mol. The predicted octanol–water partition coefficient (Wildman–Crippen LogP) is 3.04.